The van der Waals surface area contributed by atoms with E-state index in [1.165, 1.54) is 5.56 Å². The largest absolute Gasteiger partial charge is 0.341 e. The molecular formula is C17H23N3O3S. The molecule has 0 bridgehead atoms. The molecule has 1 spiro atoms. The summed E-state index contributed by atoms with van der Waals surface area (Å²) < 4.78 is 0. The van der Waals surface area contributed by atoms with E-state index in [-0.39, 0.29) is 24.4 Å². The van der Waals surface area contributed by atoms with Gasteiger partial charge in [0.2, 0.25) is 5.91 Å². The van der Waals surface area contributed by atoms with Crippen molar-refractivity contribution in [2.75, 3.05) is 13.6 Å². The van der Waals surface area contributed by atoms with E-state index in [9.17, 15) is 14.4 Å². The van der Waals surface area contributed by atoms with E-state index in [4.69, 9.17) is 0 Å². The van der Waals surface area contributed by atoms with Gasteiger partial charge in [-0.25, -0.2) is 4.79 Å². The Bertz CT molecular complexity index is 638. The fraction of sp³-hybridized carbons (Fsp3) is 0.588. The summed E-state index contributed by atoms with van der Waals surface area (Å²) >= 11 is 1.63. The number of nitrogens with one attached hydrogen (secondary N) is 1. The average Bonchev–Trinajstić information content (AvgIpc) is 3.26. The zero-order valence-corrected chi connectivity index (χ0v) is 14.9. The summed E-state index contributed by atoms with van der Waals surface area (Å²) in [5, 5.41) is 6.88. The van der Waals surface area contributed by atoms with Crippen LogP contribution in [0.2, 0.25) is 0 Å². The Balaban J connectivity index is 1.61. The van der Waals surface area contributed by atoms with Crippen LogP contribution < -0.4 is 5.32 Å². The Kier molecular flexibility index (Phi) is 4.62. The molecule has 1 saturated heterocycles. The Hall–Kier alpha value is -1.89. The van der Waals surface area contributed by atoms with E-state index in [1.807, 2.05) is 18.4 Å². The van der Waals surface area contributed by atoms with Crippen molar-refractivity contribution in [1.82, 2.24) is 15.1 Å². The molecule has 1 saturated carbocycles. The predicted molar refractivity (Wildman–Crippen MR) is 91.7 cm³/mol. The van der Waals surface area contributed by atoms with Crippen LogP contribution >= 0.6 is 11.3 Å². The van der Waals surface area contributed by atoms with Gasteiger partial charge < -0.3 is 10.2 Å². The number of urea groups is 1. The molecule has 4 amide bonds. The normalized spacial score (nSPS) is 20.5. The van der Waals surface area contributed by atoms with Gasteiger partial charge in [0, 0.05) is 13.1 Å². The number of hydrogen-bond acceptors (Lipinski definition) is 4. The van der Waals surface area contributed by atoms with Gasteiger partial charge in [-0.05, 0) is 48.6 Å². The highest BCUT2D eigenvalue weighted by atomic mass is 32.1. The van der Waals surface area contributed by atoms with Gasteiger partial charge in [-0.1, -0.05) is 12.8 Å². The van der Waals surface area contributed by atoms with Gasteiger partial charge in [-0.3, -0.25) is 14.5 Å². The molecule has 2 heterocycles. The Morgan fingerprint density at radius 3 is 2.75 bits per heavy atom. The summed E-state index contributed by atoms with van der Waals surface area (Å²) in [5.74, 6) is -0.450. The highest BCUT2D eigenvalue weighted by Crippen LogP contribution is 2.34. The third kappa shape index (κ3) is 3.05. The molecule has 6 nitrogen and oxygen atoms in total. The first-order valence-electron chi connectivity index (χ1n) is 8.34. The van der Waals surface area contributed by atoms with Crippen LogP contribution in [0.4, 0.5) is 4.79 Å². The number of hydrogen-bond donors (Lipinski definition) is 1. The molecule has 7 heteroatoms. The quantitative estimate of drug-likeness (QED) is 0.827. The summed E-state index contributed by atoms with van der Waals surface area (Å²) in [6.07, 6.45) is 3.98. The molecule has 130 valence electrons. The number of carbonyl (C=O) groups excluding carboxylic acids is 3. The molecule has 1 aliphatic carbocycles. The van der Waals surface area contributed by atoms with Crippen molar-refractivity contribution >= 4 is 29.2 Å². The minimum Gasteiger partial charge on any atom is -0.341 e. The molecule has 1 N–H and O–H groups in total. The van der Waals surface area contributed by atoms with Gasteiger partial charge in [0.15, 0.2) is 0 Å². The second-order valence-corrected chi connectivity index (χ2v) is 7.58. The lowest BCUT2D eigenvalue weighted by Crippen LogP contribution is -2.47. The van der Waals surface area contributed by atoms with E-state index in [0.717, 1.165) is 24.2 Å². The Morgan fingerprint density at radius 2 is 2.12 bits per heavy atom. The van der Waals surface area contributed by atoms with E-state index in [0.29, 0.717) is 12.8 Å². The highest BCUT2D eigenvalue weighted by molar-refractivity contribution is 7.07. The molecule has 1 atom stereocenters. The van der Waals surface area contributed by atoms with Gasteiger partial charge in [0.25, 0.3) is 5.91 Å². The number of imide groups is 1. The molecular weight excluding hydrogens is 326 g/mol. The lowest BCUT2D eigenvalue weighted by atomic mass is 9.98. The SMILES string of the molecule is C[C@H](Cc1ccsc1)N(C)C(=O)CN1C(=O)NC2(CCCC2)C1=O. The number of thiophene rings is 1. The van der Waals surface area contributed by atoms with Crippen molar-refractivity contribution in [3.63, 3.8) is 0 Å². The van der Waals surface area contributed by atoms with Gasteiger partial charge in [-0.15, -0.1) is 0 Å². The minimum atomic E-state index is -0.752. The van der Waals surface area contributed by atoms with Crippen molar-refractivity contribution in [3.05, 3.63) is 22.4 Å². The van der Waals surface area contributed by atoms with Crippen LogP contribution in [0.3, 0.4) is 0 Å². The van der Waals surface area contributed by atoms with Crippen molar-refractivity contribution in [2.45, 2.75) is 50.6 Å². The Labute approximate surface area is 145 Å². The third-order valence-corrected chi connectivity index (χ3v) is 5.89. The fourth-order valence-corrected chi connectivity index (χ4v) is 4.20. The first kappa shape index (κ1) is 17.0. The van der Waals surface area contributed by atoms with Gasteiger partial charge in [0.1, 0.15) is 12.1 Å². The number of carbonyl (C=O) groups is 3. The van der Waals surface area contributed by atoms with E-state index in [2.05, 4.69) is 10.7 Å². The average molecular weight is 349 g/mol. The van der Waals surface area contributed by atoms with Crippen LogP contribution in [0.15, 0.2) is 16.8 Å². The molecule has 3 rings (SSSR count). The zero-order chi connectivity index (χ0) is 17.3. The van der Waals surface area contributed by atoms with Crippen molar-refractivity contribution < 1.29 is 14.4 Å². The minimum absolute atomic E-state index is 0.00769. The smallest absolute Gasteiger partial charge is 0.325 e. The maximum absolute atomic E-state index is 12.6. The second-order valence-electron chi connectivity index (χ2n) is 6.80. The molecule has 24 heavy (non-hydrogen) atoms. The number of nitrogens with zero attached hydrogens (tertiary/aromatic N) is 2. The van der Waals surface area contributed by atoms with Crippen LogP contribution in [-0.2, 0) is 16.0 Å². The summed E-state index contributed by atoms with van der Waals surface area (Å²) in [7, 11) is 1.73. The van der Waals surface area contributed by atoms with Crippen molar-refractivity contribution in [2.24, 2.45) is 0 Å². The van der Waals surface area contributed by atoms with Gasteiger partial charge >= 0.3 is 6.03 Å². The lowest BCUT2D eigenvalue weighted by Gasteiger charge is -2.26. The van der Waals surface area contributed by atoms with Crippen LogP contribution in [-0.4, -0.2) is 52.8 Å². The van der Waals surface area contributed by atoms with Crippen molar-refractivity contribution in [1.29, 1.82) is 0 Å². The standard InChI is InChI=1S/C17H23N3O3S/c1-12(9-13-5-8-24-11-13)19(2)14(21)10-20-15(22)17(18-16(20)23)6-3-4-7-17/h5,8,11-12H,3-4,6-7,9-10H2,1-2H3,(H,18,23)/t12-/m1/s1. The topological polar surface area (TPSA) is 69.7 Å². The molecule has 2 aliphatic rings. The molecule has 2 fully saturated rings. The van der Waals surface area contributed by atoms with E-state index in [1.54, 1.807) is 23.3 Å². The monoisotopic (exact) mass is 349 g/mol. The Morgan fingerprint density at radius 1 is 1.42 bits per heavy atom. The molecule has 0 radical (unpaired) electrons. The van der Waals surface area contributed by atoms with Crippen LogP contribution in [0.5, 0.6) is 0 Å². The highest BCUT2D eigenvalue weighted by Gasteiger charge is 2.52. The predicted octanol–water partition coefficient (Wildman–Crippen LogP) is 2.00. The summed E-state index contributed by atoms with van der Waals surface area (Å²) in [6.45, 7) is 1.79. The molecule has 1 aromatic rings. The molecule has 0 unspecified atom stereocenters. The summed E-state index contributed by atoms with van der Waals surface area (Å²) in [6, 6.07) is 1.61. The molecule has 0 aromatic carbocycles. The van der Waals surface area contributed by atoms with E-state index >= 15 is 0 Å². The number of rotatable bonds is 5. The summed E-state index contributed by atoms with van der Waals surface area (Å²) in [5.41, 5.74) is 0.435. The zero-order valence-electron chi connectivity index (χ0n) is 14.1. The van der Waals surface area contributed by atoms with E-state index < -0.39 is 11.6 Å². The van der Waals surface area contributed by atoms with Gasteiger partial charge in [0.05, 0.1) is 0 Å². The summed E-state index contributed by atoms with van der Waals surface area (Å²) in [4.78, 5) is 40.0. The maximum Gasteiger partial charge on any atom is 0.325 e. The first-order chi connectivity index (χ1) is 11.4. The molecule has 1 aromatic heterocycles. The number of likely N-dealkylation sites (N-methyl/N-ethyl adjacent to an activating group) is 1. The van der Waals surface area contributed by atoms with Gasteiger partial charge in [-0.2, -0.15) is 11.3 Å². The fourth-order valence-electron chi connectivity index (χ4n) is 3.52. The second kappa shape index (κ2) is 6.55. The first-order valence-corrected chi connectivity index (χ1v) is 9.28. The lowest BCUT2D eigenvalue weighted by molar-refractivity contribution is -0.139. The van der Waals surface area contributed by atoms with Crippen LogP contribution in [0.25, 0.3) is 0 Å². The maximum atomic E-state index is 12.6. The van der Waals surface area contributed by atoms with Crippen LogP contribution in [0.1, 0.15) is 38.2 Å². The number of amides is 4. The third-order valence-electron chi connectivity index (χ3n) is 5.16. The molecule has 1 aliphatic heterocycles. The van der Waals surface area contributed by atoms with Crippen molar-refractivity contribution in [3.8, 4) is 0 Å². The van der Waals surface area contributed by atoms with Crippen LogP contribution in [0, 0.1) is 0 Å².